The van der Waals surface area contributed by atoms with Crippen molar-refractivity contribution in [1.82, 2.24) is 0 Å². The first-order valence-electron chi connectivity index (χ1n) is 6.55. The van der Waals surface area contributed by atoms with E-state index in [0.717, 1.165) is 29.3 Å². The first kappa shape index (κ1) is 13.8. The van der Waals surface area contributed by atoms with Gasteiger partial charge in [-0.05, 0) is 37.0 Å². The predicted molar refractivity (Wildman–Crippen MR) is 78.1 cm³/mol. The fraction of sp³-hybridized carbons (Fsp3) is 0.571. The van der Waals surface area contributed by atoms with Crippen LogP contribution in [0.15, 0.2) is 22.7 Å². The number of nitrogens with two attached hydrogens (primary N) is 1. The van der Waals surface area contributed by atoms with Gasteiger partial charge in [-0.2, -0.15) is 0 Å². The third-order valence-corrected chi connectivity index (χ3v) is 5.36. The van der Waals surface area contributed by atoms with Crippen LogP contribution in [0.25, 0.3) is 0 Å². The highest BCUT2D eigenvalue weighted by Gasteiger charge is 2.56. The minimum Gasteiger partial charge on any atom is -0.388 e. The molecule has 4 atom stereocenters. The van der Waals surface area contributed by atoms with Crippen molar-refractivity contribution in [2.75, 3.05) is 6.54 Å². The first-order chi connectivity index (χ1) is 9.06. The van der Waals surface area contributed by atoms with Crippen molar-refractivity contribution in [3.8, 4) is 0 Å². The van der Waals surface area contributed by atoms with E-state index in [2.05, 4.69) is 15.9 Å². The summed E-state index contributed by atoms with van der Waals surface area (Å²) in [6.07, 6.45) is 2.50. The van der Waals surface area contributed by atoms with Crippen molar-refractivity contribution >= 4 is 27.5 Å². The van der Waals surface area contributed by atoms with Gasteiger partial charge in [0, 0.05) is 21.5 Å². The van der Waals surface area contributed by atoms with E-state index >= 15 is 0 Å². The Morgan fingerprint density at radius 1 is 1.53 bits per heavy atom. The van der Waals surface area contributed by atoms with Crippen LogP contribution in [0.5, 0.6) is 0 Å². The summed E-state index contributed by atoms with van der Waals surface area (Å²) in [5.41, 5.74) is 6.33. The molecule has 0 aromatic heterocycles. The Morgan fingerprint density at radius 3 is 2.84 bits per heavy atom. The van der Waals surface area contributed by atoms with Gasteiger partial charge < -0.3 is 15.6 Å². The summed E-state index contributed by atoms with van der Waals surface area (Å²) in [6, 6.07) is 5.56. The van der Waals surface area contributed by atoms with E-state index in [1.54, 1.807) is 6.07 Å². The maximum atomic E-state index is 10.8. The molecule has 104 valence electrons. The van der Waals surface area contributed by atoms with Gasteiger partial charge >= 0.3 is 0 Å². The van der Waals surface area contributed by atoms with Gasteiger partial charge in [0.05, 0.1) is 18.3 Å². The second kappa shape index (κ2) is 5.01. The van der Waals surface area contributed by atoms with Crippen molar-refractivity contribution in [3.63, 3.8) is 0 Å². The molecular weight excluding hydrogens is 330 g/mol. The lowest BCUT2D eigenvalue weighted by Crippen LogP contribution is -2.44. The Labute approximate surface area is 126 Å². The Balaban J connectivity index is 1.96. The van der Waals surface area contributed by atoms with Gasteiger partial charge in [0.1, 0.15) is 0 Å². The largest absolute Gasteiger partial charge is 0.388 e. The third kappa shape index (κ3) is 2.14. The lowest BCUT2D eigenvalue weighted by Gasteiger charge is -2.39. The molecule has 4 unspecified atom stereocenters. The van der Waals surface area contributed by atoms with Gasteiger partial charge in [-0.3, -0.25) is 0 Å². The molecular formula is C14H17BrClNO2. The summed E-state index contributed by atoms with van der Waals surface area (Å²) in [4.78, 5) is 0. The second-order valence-corrected chi connectivity index (χ2v) is 6.86. The number of aliphatic hydroxyl groups is 1. The van der Waals surface area contributed by atoms with Crippen molar-refractivity contribution < 1.29 is 9.84 Å². The van der Waals surface area contributed by atoms with Gasteiger partial charge in [-0.15, -0.1) is 0 Å². The average molecular weight is 347 g/mol. The molecule has 0 radical (unpaired) electrons. The number of rotatable bonds is 3. The van der Waals surface area contributed by atoms with Gasteiger partial charge in [-0.1, -0.05) is 33.6 Å². The smallest absolute Gasteiger partial charge is 0.0898 e. The number of aliphatic hydroxyl groups excluding tert-OH is 1. The highest BCUT2D eigenvalue weighted by Crippen LogP contribution is 2.54. The van der Waals surface area contributed by atoms with E-state index in [1.807, 2.05) is 12.1 Å². The summed E-state index contributed by atoms with van der Waals surface area (Å²) in [5.74, 6) is 0. The fourth-order valence-electron chi connectivity index (χ4n) is 3.48. The quantitative estimate of drug-likeness (QED) is 0.884. The number of hydrogen-bond acceptors (Lipinski definition) is 3. The highest BCUT2D eigenvalue weighted by atomic mass is 79.9. The summed E-state index contributed by atoms with van der Waals surface area (Å²) >= 11 is 9.63. The first-order valence-corrected chi connectivity index (χ1v) is 7.72. The van der Waals surface area contributed by atoms with E-state index in [1.165, 1.54) is 0 Å². The molecule has 1 aromatic rings. The zero-order valence-electron chi connectivity index (χ0n) is 10.5. The molecule has 3 nitrogen and oxygen atoms in total. The molecule has 0 amide bonds. The Bertz CT molecular complexity index is 498. The summed E-state index contributed by atoms with van der Waals surface area (Å²) < 4.78 is 6.80. The summed E-state index contributed by atoms with van der Waals surface area (Å²) in [6.45, 7) is 0.418. The van der Waals surface area contributed by atoms with Crippen molar-refractivity contribution in [3.05, 3.63) is 33.3 Å². The molecule has 3 N–H and O–H groups in total. The molecule has 3 rings (SSSR count). The molecule has 2 bridgehead atoms. The Kier molecular flexibility index (Phi) is 3.65. The van der Waals surface area contributed by atoms with Crippen molar-refractivity contribution in [2.24, 2.45) is 11.1 Å². The number of ether oxygens (including phenoxy) is 1. The van der Waals surface area contributed by atoms with Crippen LogP contribution in [-0.4, -0.2) is 23.9 Å². The van der Waals surface area contributed by atoms with Crippen LogP contribution in [0.3, 0.4) is 0 Å². The molecule has 1 aromatic carbocycles. The lowest BCUT2D eigenvalue weighted by molar-refractivity contribution is -0.0263. The van der Waals surface area contributed by atoms with E-state index in [4.69, 9.17) is 22.1 Å². The van der Waals surface area contributed by atoms with Crippen molar-refractivity contribution in [2.45, 2.75) is 37.6 Å². The number of benzene rings is 1. The van der Waals surface area contributed by atoms with E-state index < -0.39 is 6.10 Å². The maximum absolute atomic E-state index is 10.8. The van der Waals surface area contributed by atoms with E-state index in [0.29, 0.717) is 11.6 Å². The van der Waals surface area contributed by atoms with E-state index in [9.17, 15) is 5.11 Å². The molecule has 2 fully saturated rings. The molecule has 0 saturated carbocycles. The van der Waals surface area contributed by atoms with Gasteiger partial charge in [-0.25, -0.2) is 0 Å². The van der Waals surface area contributed by atoms with Crippen LogP contribution in [0, 0.1) is 5.41 Å². The normalized spacial score (nSPS) is 34.7. The molecule has 2 heterocycles. The van der Waals surface area contributed by atoms with Crippen LogP contribution >= 0.6 is 27.5 Å². The molecule has 0 aliphatic carbocycles. The zero-order valence-corrected chi connectivity index (χ0v) is 12.8. The Hall–Kier alpha value is -0.130. The van der Waals surface area contributed by atoms with Crippen LogP contribution in [0.4, 0.5) is 0 Å². The molecule has 0 spiro atoms. The maximum Gasteiger partial charge on any atom is 0.0898 e. The molecule has 2 saturated heterocycles. The Morgan fingerprint density at radius 2 is 2.32 bits per heavy atom. The van der Waals surface area contributed by atoms with Gasteiger partial charge in [0.25, 0.3) is 0 Å². The lowest BCUT2D eigenvalue weighted by atomic mass is 9.68. The minimum absolute atomic E-state index is 0.0530. The predicted octanol–water partition coefficient (Wildman–Crippen LogP) is 3.03. The fourth-order valence-corrected chi connectivity index (χ4v) is 4.26. The average Bonchev–Trinajstić information content (AvgIpc) is 2.98. The number of hydrogen-bond donors (Lipinski definition) is 2. The van der Waals surface area contributed by atoms with Gasteiger partial charge in [0.15, 0.2) is 0 Å². The van der Waals surface area contributed by atoms with Crippen LogP contribution in [0.2, 0.25) is 5.02 Å². The van der Waals surface area contributed by atoms with E-state index in [-0.39, 0.29) is 17.6 Å². The van der Waals surface area contributed by atoms with Crippen molar-refractivity contribution in [1.29, 1.82) is 0 Å². The monoisotopic (exact) mass is 345 g/mol. The minimum atomic E-state index is -0.673. The summed E-state index contributed by atoms with van der Waals surface area (Å²) in [5, 5.41) is 11.4. The standard InChI is InChI=1S/C14H17BrClNO2/c15-8-1-3-10(11(16)5-8)13(18)14(7-17)6-9-2-4-12(14)19-9/h1,3,5,9,12-13,18H,2,4,6-7,17H2. The summed E-state index contributed by atoms with van der Waals surface area (Å²) in [7, 11) is 0. The second-order valence-electron chi connectivity index (χ2n) is 5.53. The molecule has 5 heteroatoms. The zero-order chi connectivity index (χ0) is 13.6. The topological polar surface area (TPSA) is 55.5 Å². The number of fused-ring (bicyclic) bond motifs is 2. The van der Waals surface area contributed by atoms with Crippen LogP contribution in [0.1, 0.15) is 30.9 Å². The molecule has 2 aliphatic rings. The third-order valence-electron chi connectivity index (χ3n) is 4.54. The highest BCUT2D eigenvalue weighted by molar-refractivity contribution is 9.10. The number of halogens is 2. The van der Waals surface area contributed by atoms with Crippen LogP contribution < -0.4 is 5.73 Å². The SMILES string of the molecule is NCC1(C(O)c2ccc(Br)cc2Cl)CC2CCC1O2. The van der Waals surface area contributed by atoms with Gasteiger partial charge in [0.2, 0.25) is 0 Å². The molecule has 19 heavy (non-hydrogen) atoms. The van der Waals surface area contributed by atoms with Crippen LogP contribution in [-0.2, 0) is 4.74 Å². The molecule has 2 aliphatic heterocycles.